The maximum absolute atomic E-state index is 16.6. The van der Waals surface area contributed by atoms with Crippen molar-refractivity contribution in [3.05, 3.63) is 54.0 Å². The number of hydrogen-bond donors (Lipinski definition) is 1. The van der Waals surface area contributed by atoms with Crippen LogP contribution in [0.4, 0.5) is 23.4 Å². The van der Waals surface area contributed by atoms with Crippen molar-refractivity contribution in [3.8, 4) is 17.3 Å². The second-order valence-electron chi connectivity index (χ2n) is 12.5. The van der Waals surface area contributed by atoms with Gasteiger partial charge in [-0.3, -0.25) is 9.88 Å². The quantitative estimate of drug-likeness (QED) is 0.287. The molecular weight excluding hydrogens is 560 g/mol. The van der Waals surface area contributed by atoms with E-state index in [0.717, 1.165) is 57.7 Å². The number of hydrogen-bond acceptors (Lipinski definition) is 7. The molecule has 4 saturated heterocycles. The van der Waals surface area contributed by atoms with E-state index in [1.165, 1.54) is 18.3 Å². The summed E-state index contributed by atoms with van der Waals surface area (Å²) < 4.78 is 65.2. The Morgan fingerprint density at radius 3 is 2.42 bits per heavy atom. The van der Waals surface area contributed by atoms with E-state index in [2.05, 4.69) is 25.1 Å². The van der Waals surface area contributed by atoms with Gasteiger partial charge in [0.25, 0.3) is 0 Å². The van der Waals surface area contributed by atoms with E-state index in [1.54, 1.807) is 18.2 Å². The molecule has 0 aliphatic carbocycles. The topological polar surface area (TPSA) is 66.4 Å². The predicted octanol–water partition coefficient (Wildman–Crippen LogP) is 5.95. The van der Waals surface area contributed by atoms with Gasteiger partial charge in [-0.05, 0) is 63.1 Å². The lowest BCUT2D eigenvalue weighted by molar-refractivity contribution is -0.136. The van der Waals surface area contributed by atoms with Gasteiger partial charge in [-0.15, -0.1) is 0 Å². The molecule has 2 aromatic heterocycles. The van der Waals surface area contributed by atoms with Crippen molar-refractivity contribution < 1.29 is 22.3 Å². The summed E-state index contributed by atoms with van der Waals surface area (Å²) in [5.41, 5.74) is -0.987. The van der Waals surface area contributed by atoms with E-state index in [1.807, 2.05) is 0 Å². The first-order valence-electron chi connectivity index (χ1n) is 15.1. The summed E-state index contributed by atoms with van der Waals surface area (Å²) in [5, 5.41) is 4.30. The van der Waals surface area contributed by atoms with Crippen LogP contribution in [0.25, 0.3) is 32.9 Å². The number of halogens is 4. The lowest BCUT2D eigenvalue weighted by Crippen LogP contribution is -2.51. The van der Waals surface area contributed by atoms with E-state index < -0.39 is 17.6 Å². The first kappa shape index (κ1) is 27.0. The summed E-state index contributed by atoms with van der Waals surface area (Å²) in [4.78, 5) is 18.4. The fraction of sp³-hybridized carbons (Fsp3) is 0.469. The van der Waals surface area contributed by atoms with Crippen molar-refractivity contribution in [1.29, 1.82) is 0 Å². The number of alkyl halides is 3. The molecule has 1 N–H and O–H groups in total. The molecule has 0 unspecified atom stereocenters. The van der Waals surface area contributed by atoms with Gasteiger partial charge in [0, 0.05) is 42.3 Å². The molecule has 4 aliphatic heterocycles. The largest absolute Gasteiger partial charge is 0.461 e. The number of pyridine rings is 1. The Balaban J connectivity index is 1.27. The zero-order chi connectivity index (χ0) is 29.3. The maximum Gasteiger partial charge on any atom is 0.417 e. The summed E-state index contributed by atoms with van der Waals surface area (Å²) in [5.74, 6) is -0.229. The van der Waals surface area contributed by atoms with Gasteiger partial charge < -0.3 is 15.0 Å². The van der Waals surface area contributed by atoms with Crippen LogP contribution in [0.2, 0.25) is 0 Å². The highest BCUT2D eigenvalue weighted by atomic mass is 19.4. The van der Waals surface area contributed by atoms with E-state index in [4.69, 9.17) is 9.72 Å². The van der Waals surface area contributed by atoms with Crippen LogP contribution in [-0.2, 0) is 6.18 Å². The Morgan fingerprint density at radius 2 is 1.70 bits per heavy atom. The van der Waals surface area contributed by atoms with Gasteiger partial charge >= 0.3 is 12.2 Å². The van der Waals surface area contributed by atoms with E-state index in [0.29, 0.717) is 48.4 Å². The van der Waals surface area contributed by atoms with Crippen molar-refractivity contribution in [3.63, 3.8) is 0 Å². The molecule has 0 amide bonds. The number of ether oxygens (including phenoxy) is 1. The average molecular weight is 593 g/mol. The molecule has 4 aliphatic rings. The fourth-order valence-corrected chi connectivity index (χ4v) is 7.92. The van der Waals surface area contributed by atoms with Crippen molar-refractivity contribution in [2.45, 2.75) is 62.3 Å². The number of nitrogens with one attached hydrogen (secondary N) is 1. The molecule has 0 radical (unpaired) electrons. The van der Waals surface area contributed by atoms with Gasteiger partial charge in [0.1, 0.15) is 23.6 Å². The second kappa shape index (κ2) is 9.99. The third-order valence-electron chi connectivity index (χ3n) is 9.91. The Kier molecular flexibility index (Phi) is 6.27. The lowest BCUT2D eigenvalue weighted by atomic mass is 9.95. The van der Waals surface area contributed by atoms with Gasteiger partial charge in [-0.25, -0.2) is 4.39 Å². The van der Waals surface area contributed by atoms with Crippen LogP contribution in [0.3, 0.4) is 0 Å². The number of piperazine rings is 1. The molecule has 2 atom stereocenters. The van der Waals surface area contributed by atoms with Crippen LogP contribution >= 0.6 is 0 Å². The summed E-state index contributed by atoms with van der Waals surface area (Å²) in [6, 6.07) is 9.37. The molecule has 0 spiro atoms. The molecule has 224 valence electrons. The van der Waals surface area contributed by atoms with Crippen molar-refractivity contribution in [1.82, 2.24) is 25.2 Å². The maximum atomic E-state index is 16.6. The van der Waals surface area contributed by atoms with Crippen LogP contribution in [0.15, 0.2) is 42.6 Å². The van der Waals surface area contributed by atoms with Gasteiger partial charge in [0.2, 0.25) is 0 Å². The lowest BCUT2D eigenvalue weighted by Gasteiger charge is -2.34. The third kappa shape index (κ3) is 4.50. The molecule has 2 aromatic carbocycles. The summed E-state index contributed by atoms with van der Waals surface area (Å²) in [7, 11) is 0. The highest BCUT2D eigenvalue weighted by Crippen LogP contribution is 2.42. The molecule has 11 heteroatoms. The number of aromatic nitrogens is 3. The second-order valence-corrected chi connectivity index (χ2v) is 12.5. The first-order valence-corrected chi connectivity index (χ1v) is 15.1. The van der Waals surface area contributed by atoms with Crippen molar-refractivity contribution in [2.24, 2.45) is 0 Å². The van der Waals surface area contributed by atoms with Crippen LogP contribution in [0.5, 0.6) is 6.01 Å². The molecule has 6 heterocycles. The molecule has 7 nitrogen and oxygen atoms in total. The average Bonchev–Trinajstić information content (AvgIpc) is 3.68. The molecule has 2 bridgehead atoms. The Hall–Kier alpha value is -3.57. The predicted molar refractivity (Wildman–Crippen MR) is 156 cm³/mol. The van der Waals surface area contributed by atoms with Gasteiger partial charge in [0.05, 0.1) is 16.5 Å². The highest BCUT2D eigenvalue weighted by Gasteiger charge is 2.45. The van der Waals surface area contributed by atoms with Crippen LogP contribution in [0, 0.1) is 5.82 Å². The molecule has 4 fully saturated rings. The minimum absolute atomic E-state index is 0.00423. The number of rotatable bonds is 5. The standard InChI is InChI=1S/C32H32F4N6O/c33-26-27(22-7-1-5-19-6-2-8-24(25(19)22)32(34,35)36)37-15-23-28(26)39-30(43-18-31-11-3-13-42(31)14-4-12-31)40-29(23)41-16-20-9-10-21(17-41)38-20/h1-2,5-8,15,20-21,38H,3-4,9-14,16-18H2/t20-,21+. The zero-order valence-electron chi connectivity index (χ0n) is 23.6. The fourth-order valence-electron chi connectivity index (χ4n) is 7.92. The Bertz CT molecular complexity index is 1700. The van der Waals surface area contributed by atoms with Crippen LogP contribution < -0.4 is 15.0 Å². The smallest absolute Gasteiger partial charge is 0.417 e. The number of nitrogens with zero attached hydrogens (tertiary/aromatic N) is 5. The number of fused-ring (bicyclic) bond motifs is 5. The van der Waals surface area contributed by atoms with E-state index in [9.17, 15) is 13.2 Å². The Labute approximate surface area is 246 Å². The minimum Gasteiger partial charge on any atom is -0.461 e. The van der Waals surface area contributed by atoms with Crippen molar-refractivity contribution in [2.75, 3.05) is 37.7 Å². The third-order valence-corrected chi connectivity index (χ3v) is 9.91. The monoisotopic (exact) mass is 592 g/mol. The van der Waals surface area contributed by atoms with Gasteiger partial charge in [-0.2, -0.15) is 23.1 Å². The van der Waals surface area contributed by atoms with Crippen LogP contribution in [-0.4, -0.2) is 70.3 Å². The van der Waals surface area contributed by atoms with Gasteiger partial charge in [-0.1, -0.05) is 30.3 Å². The van der Waals surface area contributed by atoms with Gasteiger partial charge in [0.15, 0.2) is 5.82 Å². The Morgan fingerprint density at radius 1 is 0.977 bits per heavy atom. The zero-order valence-corrected chi connectivity index (χ0v) is 23.6. The van der Waals surface area contributed by atoms with Crippen LogP contribution in [0.1, 0.15) is 44.1 Å². The molecular formula is C32H32F4N6O. The molecule has 0 saturated carbocycles. The molecule has 4 aromatic rings. The molecule has 43 heavy (non-hydrogen) atoms. The first-order chi connectivity index (χ1) is 20.8. The summed E-state index contributed by atoms with van der Waals surface area (Å²) in [6.07, 6.45) is 3.32. The summed E-state index contributed by atoms with van der Waals surface area (Å²) >= 11 is 0. The normalized spacial score (nSPS) is 23.4. The minimum atomic E-state index is -4.62. The number of benzene rings is 2. The SMILES string of the molecule is Fc1c(-c2cccc3cccc(C(F)(F)F)c23)ncc2c(N3C[C@H]4CC[C@@H](C3)N4)nc(OCC34CCCN3CCC4)nc12. The highest BCUT2D eigenvalue weighted by molar-refractivity contribution is 6.01. The summed E-state index contributed by atoms with van der Waals surface area (Å²) in [6.45, 7) is 3.93. The van der Waals surface area contributed by atoms with E-state index in [-0.39, 0.29) is 33.7 Å². The molecule has 8 rings (SSSR count). The van der Waals surface area contributed by atoms with E-state index >= 15 is 4.39 Å². The van der Waals surface area contributed by atoms with Crippen molar-refractivity contribution >= 4 is 27.5 Å². The number of anilines is 1.